The molecule has 0 aromatic heterocycles. The van der Waals surface area contributed by atoms with Crippen molar-refractivity contribution in [2.75, 3.05) is 0 Å². The third kappa shape index (κ3) is 5.71. The van der Waals surface area contributed by atoms with Crippen LogP contribution in [0.1, 0.15) is 26.3 Å². The van der Waals surface area contributed by atoms with Crippen molar-refractivity contribution in [2.24, 2.45) is 0 Å². The van der Waals surface area contributed by atoms with E-state index in [1.54, 1.807) is 26.8 Å². The summed E-state index contributed by atoms with van der Waals surface area (Å²) in [6.07, 6.45) is -1.04. The van der Waals surface area contributed by atoms with Crippen molar-refractivity contribution in [1.82, 2.24) is 5.32 Å². The van der Waals surface area contributed by atoms with Gasteiger partial charge < -0.3 is 15.2 Å². The Kier molecular flexibility index (Phi) is 5.71. The Hall–Kier alpha value is -1.63. The van der Waals surface area contributed by atoms with Crippen LogP contribution in [-0.4, -0.2) is 28.8 Å². The molecule has 1 aromatic carbocycles. The lowest BCUT2D eigenvalue weighted by molar-refractivity contribution is -0.139. The second-order valence-electron chi connectivity index (χ2n) is 5.45. The van der Waals surface area contributed by atoms with E-state index in [-0.39, 0.29) is 16.5 Å². The van der Waals surface area contributed by atoms with E-state index in [1.165, 1.54) is 12.1 Å². The van der Waals surface area contributed by atoms with Crippen molar-refractivity contribution in [3.05, 3.63) is 34.1 Å². The predicted octanol–water partition coefficient (Wildman–Crippen LogP) is 3.11. The molecule has 1 atom stereocenters. The number of ether oxygens (including phenoxy) is 1. The maximum atomic E-state index is 13.9. The van der Waals surface area contributed by atoms with Crippen LogP contribution in [0.3, 0.4) is 0 Å². The van der Waals surface area contributed by atoms with Crippen molar-refractivity contribution < 1.29 is 23.8 Å². The molecule has 0 spiro atoms. The van der Waals surface area contributed by atoms with Gasteiger partial charge in [0, 0.05) is 6.42 Å². The van der Waals surface area contributed by atoms with Crippen LogP contribution >= 0.6 is 15.9 Å². The van der Waals surface area contributed by atoms with E-state index in [1.807, 2.05) is 0 Å². The number of amides is 1. The van der Waals surface area contributed by atoms with Gasteiger partial charge in [0.25, 0.3) is 0 Å². The van der Waals surface area contributed by atoms with Crippen molar-refractivity contribution in [1.29, 1.82) is 0 Å². The number of carbonyl (C=O) groups is 2. The molecule has 0 aliphatic rings. The summed E-state index contributed by atoms with van der Waals surface area (Å²) in [6, 6.07) is 3.29. The molecule has 1 amide bonds. The lowest BCUT2D eigenvalue weighted by atomic mass is 10.1. The number of rotatable bonds is 4. The summed E-state index contributed by atoms with van der Waals surface area (Å²) in [5, 5.41) is 11.4. The van der Waals surface area contributed by atoms with E-state index in [0.717, 1.165) is 0 Å². The monoisotopic (exact) mass is 361 g/mol. The van der Waals surface area contributed by atoms with Gasteiger partial charge in [-0.25, -0.2) is 14.0 Å². The van der Waals surface area contributed by atoms with Gasteiger partial charge in [0.1, 0.15) is 17.5 Å². The fourth-order valence-corrected chi connectivity index (χ4v) is 1.98. The molecule has 0 fully saturated rings. The minimum atomic E-state index is -1.27. The van der Waals surface area contributed by atoms with Crippen LogP contribution in [0.4, 0.5) is 9.18 Å². The number of aliphatic carboxylic acids is 1. The molecule has 0 heterocycles. The number of nitrogens with one attached hydrogen (secondary N) is 1. The zero-order chi connectivity index (χ0) is 16.2. The fraction of sp³-hybridized carbons (Fsp3) is 0.429. The normalized spacial score (nSPS) is 12.6. The molecule has 7 heteroatoms. The minimum absolute atomic E-state index is 0.181. The lowest BCUT2D eigenvalue weighted by Gasteiger charge is -2.22. The molecule has 1 aromatic rings. The van der Waals surface area contributed by atoms with E-state index < -0.39 is 29.5 Å². The van der Waals surface area contributed by atoms with Gasteiger partial charge in [-0.3, -0.25) is 0 Å². The molecule has 116 valence electrons. The van der Waals surface area contributed by atoms with Gasteiger partial charge in [-0.2, -0.15) is 0 Å². The Bertz CT molecular complexity index is 542. The van der Waals surface area contributed by atoms with Crippen LogP contribution in [0, 0.1) is 5.82 Å². The van der Waals surface area contributed by atoms with E-state index in [9.17, 15) is 14.0 Å². The first-order chi connectivity index (χ1) is 9.60. The number of benzene rings is 1. The summed E-state index contributed by atoms with van der Waals surface area (Å²) < 4.78 is 19.1. The van der Waals surface area contributed by atoms with Gasteiger partial charge in [0.05, 0.1) is 4.47 Å². The highest BCUT2D eigenvalue weighted by Gasteiger charge is 2.25. The first-order valence-corrected chi connectivity index (χ1v) is 7.04. The van der Waals surface area contributed by atoms with Crippen LogP contribution in [0.2, 0.25) is 0 Å². The Morgan fingerprint density at radius 1 is 1.43 bits per heavy atom. The maximum absolute atomic E-state index is 13.9. The van der Waals surface area contributed by atoms with Crippen molar-refractivity contribution in [3.63, 3.8) is 0 Å². The van der Waals surface area contributed by atoms with Gasteiger partial charge in [0.15, 0.2) is 0 Å². The van der Waals surface area contributed by atoms with E-state index >= 15 is 0 Å². The molecule has 0 saturated carbocycles. The number of carboxylic acids is 1. The van der Waals surface area contributed by atoms with Crippen LogP contribution < -0.4 is 5.32 Å². The maximum Gasteiger partial charge on any atom is 0.408 e. The number of halogens is 2. The molecule has 0 unspecified atom stereocenters. The Morgan fingerprint density at radius 3 is 2.57 bits per heavy atom. The first kappa shape index (κ1) is 17.4. The van der Waals surface area contributed by atoms with E-state index in [0.29, 0.717) is 0 Å². The summed E-state index contributed by atoms with van der Waals surface area (Å²) in [6.45, 7) is 4.99. The molecular formula is C14H17BrFNO4. The lowest BCUT2D eigenvalue weighted by Crippen LogP contribution is -2.44. The van der Waals surface area contributed by atoms with Gasteiger partial charge in [-0.15, -0.1) is 0 Å². The molecular weight excluding hydrogens is 345 g/mol. The van der Waals surface area contributed by atoms with Crippen molar-refractivity contribution in [2.45, 2.75) is 38.8 Å². The topological polar surface area (TPSA) is 75.6 Å². The van der Waals surface area contributed by atoms with Gasteiger partial charge in [-0.05, 0) is 48.3 Å². The number of hydrogen-bond acceptors (Lipinski definition) is 3. The number of hydrogen-bond donors (Lipinski definition) is 2. The summed E-state index contributed by atoms with van der Waals surface area (Å²) in [4.78, 5) is 22.8. The SMILES string of the molecule is CC(C)(C)OC(=O)N[C@H](Cc1cccc(Br)c1F)C(=O)O. The van der Waals surface area contributed by atoms with Gasteiger partial charge in [0.2, 0.25) is 0 Å². The zero-order valence-electron chi connectivity index (χ0n) is 11.9. The Labute approximate surface area is 130 Å². The van der Waals surface area contributed by atoms with Gasteiger partial charge >= 0.3 is 12.1 Å². The largest absolute Gasteiger partial charge is 0.480 e. The standard InChI is InChI=1S/C14H17BrFNO4/c1-14(2,3)21-13(20)17-10(12(18)19)7-8-5-4-6-9(15)11(8)16/h4-6,10H,7H2,1-3H3,(H,17,20)(H,18,19)/t10-/m1/s1. The zero-order valence-corrected chi connectivity index (χ0v) is 13.5. The first-order valence-electron chi connectivity index (χ1n) is 6.25. The average molecular weight is 362 g/mol. The van der Waals surface area contributed by atoms with Crippen LogP contribution in [-0.2, 0) is 16.0 Å². The fourth-order valence-electron chi connectivity index (χ4n) is 1.58. The number of carboxylic acid groups (broad SMARTS) is 1. The highest BCUT2D eigenvalue weighted by molar-refractivity contribution is 9.10. The van der Waals surface area contributed by atoms with Crippen molar-refractivity contribution >= 4 is 28.0 Å². The summed E-state index contributed by atoms with van der Waals surface area (Å²) in [5.74, 6) is -1.81. The summed E-state index contributed by atoms with van der Waals surface area (Å²) in [7, 11) is 0. The molecule has 0 radical (unpaired) electrons. The van der Waals surface area contributed by atoms with E-state index in [4.69, 9.17) is 9.84 Å². The highest BCUT2D eigenvalue weighted by Crippen LogP contribution is 2.20. The molecule has 0 aliphatic heterocycles. The number of carbonyl (C=O) groups excluding carboxylic acids is 1. The van der Waals surface area contributed by atoms with Gasteiger partial charge in [-0.1, -0.05) is 12.1 Å². The Morgan fingerprint density at radius 2 is 2.05 bits per heavy atom. The smallest absolute Gasteiger partial charge is 0.408 e. The molecule has 5 nitrogen and oxygen atoms in total. The van der Waals surface area contributed by atoms with Crippen LogP contribution in [0.5, 0.6) is 0 Å². The quantitative estimate of drug-likeness (QED) is 0.863. The number of alkyl carbamates (subject to hydrolysis) is 1. The molecule has 1 rings (SSSR count). The van der Waals surface area contributed by atoms with E-state index in [2.05, 4.69) is 21.2 Å². The molecule has 0 bridgehead atoms. The summed E-state index contributed by atoms with van der Waals surface area (Å²) >= 11 is 3.03. The predicted molar refractivity (Wildman–Crippen MR) is 78.6 cm³/mol. The molecule has 21 heavy (non-hydrogen) atoms. The minimum Gasteiger partial charge on any atom is -0.480 e. The molecule has 0 aliphatic carbocycles. The molecule has 0 saturated heterocycles. The average Bonchev–Trinajstić information content (AvgIpc) is 2.31. The summed E-state index contributed by atoms with van der Waals surface area (Å²) in [5.41, 5.74) is -0.554. The second-order valence-corrected chi connectivity index (χ2v) is 6.31. The highest BCUT2D eigenvalue weighted by atomic mass is 79.9. The van der Waals surface area contributed by atoms with Crippen LogP contribution in [0.15, 0.2) is 22.7 Å². The van der Waals surface area contributed by atoms with Crippen molar-refractivity contribution in [3.8, 4) is 0 Å². The third-order valence-corrected chi connectivity index (χ3v) is 3.06. The second kappa shape index (κ2) is 6.89. The Balaban J connectivity index is 2.82. The molecule has 2 N–H and O–H groups in total. The third-order valence-electron chi connectivity index (χ3n) is 2.44. The van der Waals surface area contributed by atoms with Crippen LogP contribution in [0.25, 0.3) is 0 Å².